The van der Waals surface area contributed by atoms with Crippen molar-refractivity contribution in [2.24, 2.45) is 7.05 Å². The molecule has 0 amide bonds. The first-order chi connectivity index (χ1) is 18.9. The summed E-state index contributed by atoms with van der Waals surface area (Å²) in [5.41, 5.74) is 0.568. The van der Waals surface area contributed by atoms with Crippen molar-refractivity contribution >= 4 is 0 Å². The fraction of sp³-hybridized carbons (Fsp3) is 0.559. The van der Waals surface area contributed by atoms with E-state index in [1.54, 1.807) is 0 Å². The van der Waals surface area contributed by atoms with Crippen LogP contribution in [0.4, 0.5) is 0 Å². The Labute approximate surface area is 249 Å². The maximum atomic E-state index is 13.8. The number of hydrogen-bond acceptors (Lipinski definition) is 5. The lowest BCUT2D eigenvalue weighted by Gasteiger charge is -2.28. The molecule has 3 rings (SSSR count). The molecule has 0 saturated carbocycles. The first kappa shape index (κ1) is 33.0. The Morgan fingerprint density at radius 3 is 0.952 bits per heavy atom. The van der Waals surface area contributed by atoms with E-state index in [0.717, 1.165) is 36.0 Å². The zero-order valence-electron chi connectivity index (χ0n) is 27.7. The summed E-state index contributed by atoms with van der Waals surface area (Å²) in [6, 6.07) is 7.32. The molecule has 1 aromatic heterocycles. The van der Waals surface area contributed by atoms with Gasteiger partial charge in [-0.05, 0) is 79.3 Å². The topological polar surface area (TPSA) is 106 Å². The van der Waals surface area contributed by atoms with Gasteiger partial charge >= 0.3 is 17.1 Å². The first-order valence-electron chi connectivity index (χ1n) is 14.5. The number of aromatic nitrogens is 3. The SMILES string of the molecule is Cn1c(=O)n(Cc2cc(C(C)(C)C)c(O)c(C(C)(C)C)c2)c(=O)n(Cc2cc(C(C)(C)C)c(O)c(C(C)(C)C)c2)c1=O. The molecule has 8 nitrogen and oxygen atoms in total. The van der Waals surface area contributed by atoms with Crippen molar-refractivity contribution in [2.75, 3.05) is 0 Å². The molecule has 0 aliphatic rings. The van der Waals surface area contributed by atoms with Gasteiger partial charge in [-0.15, -0.1) is 0 Å². The molecule has 3 aromatic rings. The minimum Gasteiger partial charge on any atom is -0.507 e. The maximum absolute atomic E-state index is 13.8. The number of phenolic OH excluding ortho intramolecular Hbond substituents is 2. The van der Waals surface area contributed by atoms with Crippen LogP contribution in [0.5, 0.6) is 11.5 Å². The number of phenols is 2. The molecule has 0 radical (unpaired) electrons. The Hall–Kier alpha value is -3.55. The number of benzene rings is 2. The zero-order chi connectivity index (χ0) is 32.3. The van der Waals surface area contributed by atoms with Crippen LogP contribution in [0.3, 0.4) is 0 Å². The van der Waals surface area contributed by atoms with Crippen molar-refractivity contribution < 1.29 is 10.2 Å². The Morgan fingerprint density at radius 1 is 0.500 bits per heavy atom. The molecule has 1 heterocycles. The fourth-order valence-electron chi connectivity index (χ4n) is 5.25. The van der Waals surface area contributed by atoms with Gasteiger partial charge in [0, 0.05) is 7.05 Å². The van der Waals surface area contributed by atoms with Gasteiger partial charge in [0.25, 0.3) is 0 Å². The van der Waals surface area contributed by atoms with E-state index in [0.29, 0.717) is 11.1 Å². The van der Waals surface area contributed by atoms with Crippen LogP contribution in [0, 0.1) is 0 Å². The van der Waals surface area contributed by atoms with Gasteiger partial charge in [0.1, 0.15) is 11.5 Å². The highest BCUT2D eigenvalue weighted by Crippen LogP contribution is 2.41. The number of aromatic hydroxyl groups is 2. The summed E-state index contributed by atoms with van der Waals surface area (Å²) < 4.78 is 3.09. The van der Waals surface area contributed by atoms with Crippen LogP contribution in [0.2, 0.25) is 0 Å². The number of rotatable bonds is 4. The van der Waals surface area contributed by atoms with Crippen molar-refractivity contribution in [1.29, 1.82) is 0 Å². The van der Waals surface area contributed by atoms with Crippen molar-refractivity contribution in [3.63, 3.8) is 0 Å². The van der Waals surface area contributed by atoms with Gasteiger partial charge < -0.3 is 10.2 Å². The summed E-state index contributed by atoms with van der Waals surface area (Å²) in [4.78, 5) is 40.4. The molecular formula is C34H49N3O5. The lowest BCUT2D eigenvalue weighted by molar-refractivity contribution is 0.421. The third kappa shape index (κ3) is 6.42. The Morgan fingerprint density at radius 2 is 0.738 bits per heavy atom. The summed E-state index contributed by atoms with van der Waals surface area (Å²) in [6.07, 6.45) is 0. The number of hydrogen-bond donors (Lipinski definition) is 2. The predicted octanol–water partition coefficient (Wildman–Crippen LogP) is 5.41. The van der Waals surface area contributed by atoms with Crippen LogP contribution in [0.1, 0.15) is 116 Å². The molecule has 0 saturated heterocycles. The third-order valence-corrected chi connectivity index (χ3v) is 7.75. The molecule has 2 N–H and O–H groups in total. The van der Waals surface area contributed by atoms with Crippen LogP contribution < -0.4 is 17.1 Å². The molecule has 0 spiro atoms. The van der Waals surface area contributed by atoms with Gasteiger partial charge in [-0.1, -0.05) is 83.1 Å². The van der Waals surface area contributed by atoms with Gasteiger partial charge in [-0.3, -0.25) is 0 Å². The Bertz CT molecular complexity index is 1500. The summed E-state index contributed by atoms with van der Waals surface area (Å²) in [5, 5.41) is 22.3. The highest BCUT2D eigenvalue weighted by Gasteiger charge is 2.29. The molecule has 8 heteroatoms. The molecule has 0 atom stereocenters. The summed E-state index contributed by atoms with van der Waals surface area (Å²) >= 11 is 0. The molecule has 2 aromatic carbocycles. The zero-order valence-corrected chi connectivity index (χ0v) is 27.7. The summed E-state index contributed by atoms with van der Waals surface area (Å²) in [6.45, 7) is 23.9. The standard InChI is InChI=1S/C34H49N3O5/c1-31(2,3)22-14-20(15-23(26(22)38)32(4,5)6)18-36-28(40)35(13)29(41)37(30(36)42)19-21-16-24(33(7,8)9)27(39)25(17-21)34(10,11)12/h14-17,38-39H,18-19H2,1-13H3. The molecular weight excluding hydrogens is 530 g/mol. The Balaban J connectivity index is 2.27. The van der Waals surface area contributed by atoms with Crippen LogP contribution >= 0.6 is 0 Å². The minimum absolute atomic E-state index is 0.0612. The van der Waals surface area contributed by atoms with Gasteiger partial charge in [0.2, 0.25) is 0 Å². The van der Waals surface area contributed by atoms with E-state index >= 15 is 0 Å². The van der Waals surface area contributed by atoms with E-state index in [1.807, 2.05) is 107 Å². The molecule has 0 bridgehead atoms. The lowest BCUT2D eigenvalue weighted by Crippen LogP contribution is -2.53. The summed E-state index contributed by atoms with van der Waals surface area (Å²) in [7, 11) is 1.37. The molecule has 42 heavy (non-hydrogen) atoms. The molecule has 0 aliphatic carbocycles. The quantitative estimate of drug-likeness (QED) is 0.430. The van der Waals surface area contributed by atoms with Crippen LogP contribution in [0.25, 0.3) is 0 Å². The van der Waals surface area contributed by atoms with Gasteiger partial charge in [-0.2, -0.15) is 0 Å². The highest BCUT2D eigenvalue weighted by atomic mass is 16.3. The van der Waals surface area contributed by atoms with Crippen LogP contribution in [-0.2, 0) is 41.8 Å². The lowest BCUT2D eigenvalue weighted by atomic mass is 9.78. The van der Waals surface area contributed by atoms with E-state index in [9.17, 15) is 24.6 Å². The highest BCUT2D eigenvalue weighted by molar-refractivity contribution is 5.51. The molecule has 230 valence electrons. The van der Waals surface area contributed by atoms with Crippen LogP contribution in [0.15, 0.2) is 38.6 Å². The largest absolute Gasteiger partial charge is 0.507 e. The van der Waals surface area contributed by atoms with Crippen molar-refractivity contribution in [3.05, 3.63) is 89.1 Å². The van der Waals surface area contributed by atoms with Gasteiger partial charge in [-0.25, -0.2) is 28.1 Å². The van der Waals surface area contributed by atoms with E-state index in [4.69, 9.17) is 0 Å². The van der Waals surface area contributed by atoms with Crippen molar-refractivity contribution in [3.8, 4) is 11.5 Å². The van der Waals surface area contributed by atoms with Crippen molar-refractivity contribution in [1.82, 2.24) is 13.7 Å². The van der Waals surface area contributed by atoms with E-state index in [-0.39, 0.29) is 46.2 Å². The Kier molecular flexibility index (Phi) is 8.33. The van der Waals surface area contributed by atoms with E-state index < -0.39 is 17.1 Å². The smallest absolute Gasteiger partial charge is 0.336 e. The first-order valence-corrected chi connectivity index (χ1v) is 14.5. The third-order valence-electron chi connectivity index (χ3n) is 7.75. The molecule has 0 unspecified atom stereocenters. The van der Waals surface area contributed by atoms with E-state index in [2.05, 4.69) is 0 Å². The normalized spacial score (nSPS) is 13.1. The maximum Gasteiger partial charge on any atom is 0.336 e. The fourth-order valence-corrected chi connectivity index (χ4v) is 5.25. The summed E-state index contributed by atoms with van der Waals surface area (Å²) in [5.74, 6) is 0.418. The predicted molar refractivity (Wildman–Crippen MR) is 169 cm³/mol. The monoisotopic (exact) mass is 579 g/mol. The minimum atomic E-state index is -0.714. The van der Waals surface area contributed by atoms with Crippen molar-refractivity contribution in [2.45, 2.75) is 118 Å². The van der Waals surface area contributed by atoms with Crippen LogP contribution in [-0.4, -0.2) is 23.9 Å². The molecule has 0 fully saturated rings. The second-order valence-corrected chi connectivity index (χ2v) is 15.7. The molecule has 0 aliphatic heterocycles. The second-order valence-electron chi connectivity index (χ2n) is 15.7. The van der Waals surface area contributed by atoms with Gasteiger partial charge in [0.15, 0.2) is 0 Å². The average Bonchev–Trinajstić information content (AvgIpc) is 2.82. The average molecular weight is 580 g/mol. The van der Waals surface area contributed by atoms with Gasteiger partial charge in [0.05, 0.1) is 13.1 Å². The van der Waals surface area contributed by atoms with E-state index in [1.165, 1.54) is 7.05 Å². The second kappa shape index (κ2) is 10.6. The number of nitrogens with zero attached hydrogens (tertiary/aromatic N) is 3.